The molecular weight excluding hydrogens is 298 g/mol. The third-order valence-corrected chi connectivity index (χ3v) is 4.29. The van der Waals surface area contributed by atoms with Crippen LogP contribution in [0, 0.1) is 18.3 Å². The zero-order valence-electron chi connectivity index (χ0n) is 12.1. The van der Waals surface area contributed by atoms with Crippen LogP contribution >= 0.6 is 11.3 Å². The van der Waals surface area contributed by atoms with E-state index < -0.39 is 0 Å². The highest BCUT2D eigenvalue weighted by atomic mass is 32.1. The Morgan fingerprint density at radius 1 is 1.45 bits per heavy atom. The molecule has 0 radical (unpaired) electrons. The lowest BCUT2D eigenvalue weighted by Crippen LogP contribution is -2.05. The van der Waals surface area contributed by atoms with E-state index in [1.807, 2.05) is 0 Å². The van der Waals surface area contributed by atoms with Crippen molar-refractivity contribution < 1.29 is 0 Å². The minimum atomic E-state index is 0.261. The molecule has 4 N–H and O–H groups in total. The van der Waals surface area contributed by atoms with Crippen LogP contribution in [0.15, 0.2) is 12.4 Å². The fourth-order valence-corrected chi connectivity index (χ4v) is 3.14. The van der Waals surface area contributed by atoms with Gasteiger partial charge in [-0.25, -0.2) is 9.97 Å². The summed E-state index contributed by atoms with van der Waals surface area (Å²) in [6, 6.07) is 4.16. The van der Waals surface area contributed by atoms with Crippen LogP contribution in [-0.2, 0) is 6.42 Å². The molecule has 8 heteroatoms. The third kappa shape index (κ3) is 2.71. The summed E-state index contributed by atoms with van der Waals surface area (Å²) < 4.78 is 0. The Kier molecular flexibility index (Phi) is 3.89. The minimum absolute atomic E-state index is 0.261. The molecule has 3 heterocycles. The molecule has 0 aliphatic heterocycles. The lowest BCUT2D eigenvalue weighted by atomic mass is 10.1. The highest BCUT2D eigenvalue weighted by Crippen LogP contribution is 2.27. The van der Waals surface area contributed by atoms with E-state index in [-0.39, 0.29) is 5.82 Å². The zero-order valence-corrected chi connectivity index (χ0v) is 12.9. The van der Waals surface area contributed by atoms with Crippen molar-refractivity contribution in [1.29, 1.82) is 5.26 Å². The highest BCUT2D eigenvalue weighted by molar-refractivity contribution is 7.18. The van der Waals surface area contributed by atoms with Gasteiger partial charge in [-0.05, 0) is 25.8 Å². The summed E-state index contributed by atoms with van der Waals surface area (Å²) in [7, 11) is 0. The van der Waals surface area contributed by atoms with Crippen LogP contribution < -0.4 is 11.1 Å². The van der Waals surface area contributed by atoms with Crippen LogP contribution in [0.25, 0.3) is 10.2 Å². The average molecular weight is 313 g/mol. The van der Waals surface area contributed by atoms with Gasteiger partial charge < -0.3 is 11.1 Å². The molecule has 0 aromatic carbocycles. The number of nitrogens with one attached hydrogen (secondary N) is 2. The summed E-state index contributed by atoms with van der Waals surface area (Å²) in [5.74, 6) is 1.11. The van der Waals surface area contributed by atoms with Crippen LogP contribution in [0.5, 0.6) is 0 Å². The molecule has 0 spiro atoms. The van der Waals surface area contributed by atoms with Crippen LogP contribution in [0.1, 0.15) is 22.6 Å². The molecule has 3 rings (SSSR count). The molecule has 0 aliphatic carbocycles. The molecule has 7 nitrogen and oxygen atoms in total. The first-order valence-corrected chi connectivity index (χ1v) is 7.68. The molecule has 3 aromatic heterocycles. The number of nitrogens with two attached hydrogens (primary N) is 1. The fraction of sp³-hybridized carbons (Fsp3) is 0.286. The first kappa shape index (κ1) is 14.3. The van der Waals surface area contributed by atoms with E-state index in [1.165, 1.54) is 4.88 Å². The van der Waals surface area contributed by atoms with E-state index in [0.29, 0.717) is 12.0 Å². The Hall–Kier alpha value is -2.66. The second kappa shape index (κ2) is 5.99. The highest BCUT2D eigenvalue weighted by Gasteiger charge is 2.10. The maximum absolute atomic E-state index is 9.02. The van der Waals surface area contributed by atoms with Crippen molar-refractivity contribution in [2.75, 3.05) is 17.6 Å². The number of aryl methyl sites for hydroxylation is 2. The first-order valence-electron chi connectivity index (χ1n) is 6.87. The van der Waals surface area contributed by atoms with Crippen molar-refractivity contribution >= 4 is 33.2 Å². The lowest BCUT2D eigenvalue weighted by molar-refractivity contribution is 0.823. The number of thiophene rings is 1. The second-order valence-electron chi connectivity index (χ2n) is 4.90. The number of aromatic amines is 1. The molecule has 3 aromatic rings. The van der Waals surface area contributed by atoms with Gasteiger partial charge in [-0.15, -0.1) is 11.3 Å². The number of rotatable bonds is 5. The zero-order chi connectivity index (χ0) is 15.5. The molecule has 0 fully saturated rings. The van der Waals surface area contributed by atoms with Gasteiger partial charge in [-0.2, -0.15) is 10.4 Å². The smallest absolute Gasteiger partial charge is 0.163 e. The minimum Gasteiger partial charge on any atom is -0.381 e. The normalized spacial score (nSPS) is 10.7. The molecule has 112 valence electrons. The van der Waals surface area contributed by atoms with Gasteiger partial charge in [0, 0.05) is 11.4 Å². The number of aromatic nitrogens is 4. The van der Waals surface area contributed by atoms with Crippen molar-refractivity contribution in [3.63, 3.8) is 0 Å². The maximum Gasteiger partial charge on any atom is 0.163 e. The van der Waals surface area contributed by atoms with Crippen molar-refractivity contribution in [2.45, 2.75) is 19.8 Å². The molecule has 0 atom stereocenters. The molecule has 0 bridgehead atoms. The van der Waals surface area contributed by atoms with E-state index in [1.54, 1.807) is 17.7 Å². The van der Waals surface area contributed by atoms with E-state index in [0.717, 1.165) is 34.7 Å². The SMILES string of the molecule is Cc1cc2c(NCCCc3[nH]nc(N)c3C#N)ncnc2s1. The number of anilines is 2. The van der Waals surface area contributed by atoms with Gasteiger partial charge >= 0.3 is 0 Å². The van der Waals surface area contributed by atoms with Gasteiger partial charge in [0.2, 0.25) is 0 Å². The predicted octanol–water partition coefficient (Wildman–Crippen LogP) is 2.22. The number of H-pyrrole nitrogens is 1. The van der Waals surface area contributed by atoms with Crippen molar-refractivity contribution in [2.24, 2.45) is 0 Å². The Balaban J connectivity index is 1.62. The maximum atomic E-state index is 9.02. The van der Waals surface area contributed by atoms with Gasteiger partial charge in [0.25, 0.3) is 0 Å². The largest absolute Gasteiger partial charge is 0.381 e. The Labute approximate surface area is 131 Å². The summed E-state index contributed by atoms with van der Waals surface area (Å²) in [6.07, 6.45) is 3.12. The monoisotopic (exact) mass is 313 g/mol. The van der Waals surface area contributed by atoms with Crippen molar-refractivity contribution in [1.82, 2.24) is 20.2 Å². The molecule has 0 saturated heterocycles. The van der Waals surface area contributed by atoms with Gasteiger partial charge in [-0.1, -0.05) is 0 Å². The predicted molar refractivity (Wildman–Crippen MR) is 86.7 cm³/mol. The first-order chi connectivity index (χ1) is 10.7. The number of nitrogens with zero attached hydrogens (tertiary/aromatic N) is 4. The van der Waals surface area contributed by atoms with E-state index in [4.69, 9.17) is 11.0 Å². The second-order valence-corrected chi connectivity index (χ2v) is 6.14. The van der Waals surface area contributed by atoms with Gasteiger partial charge in [0.05, 0.1) is 11.1 Å². The van der Waals surface area contributed by atoms with Crippen molar-refractivity contribution in [3.8, 4) is 6.07 Å². The van der Waals surface area contributed by atoms with E-state index >= 15 is 0 Å². The quantitative estimate of drug-likeness (QED) is 0.622. The van der Waals surface area contributed by atoms with Gasteiger partial charge in [0.1, 0.15) is 28.6 Å². The Bertz CT molecular complexity index is 843. The summed E-state index contributed by atoms with van der Waals surface area (Å²) >= 11 is 1.66. The van der Waals surface area contributed by atoms with Crippen molar-refractivity contribution in [3.05, 3.63) is 28.5 Å². The summed E-state index contributed by atoms with van der Waals surface area (Å²) in [5, 5.41) is 20.1. The van der Waals surface area contributed by atoms with Gasteiger partial charge in [-0.3, -0.25) is 5.10 Å². The van der Waals surface area contributed by atoms with Crippen LogP contribution in [0.2, 0.25) is 0 Å². The van der Waals surface area contributed by atoms with Crippen LogP contribution in [0.4, 0.5) is 11.6 Å². The number of hydrogen-bond acceptors (Lipinski definition) is 7. The number of fused-ring (bicyclic) bond motifs is 1. The van der Waals surface area contributed by atoms with E-state index in [2.05, 4.69) is 44.5 Å². The molecule has 0 unspecified atom stereocenters. The van der Waals surface area contributed by atoms with Crippen LogP contribution in [0.3, 0.4) is 0 Å². The molecule has 22 heavy (non-hydrogen) atoms. The topological polar surface area (TPSA) is 116 Å². The number of hydrogen-bond donors (Lipinski definition) is 3. The number of nitrogen functional groups attached to an aromatic ring is 1. The Morgan fingerprint density at radius 2 is 2.32 bits per heavy atom. The molecule has 0 saturated carbocycles. The Morgan fingerprint density at radius 3 is 3.14 bits per heavy atom. The number of nitriles is 1. The molecule has 0 aliphatic rings. The lowest BCUT2D eigenvalue weighted by Gasteiger charge is -2.05. The van der Waals surface area contributed by atoms with Crippen LogP contribution in [-0.4, -0.2) is 26.7 Å². The fourth-order valence-electron chi connectivity index (χ4n) is 2.29. The molecular formula is C14H15N7S. The van der Waals surface area contributed by atoms with E-state index in [9.17, 15) is 0 Å². The summed E-state index contributed by atoms with van der Waals surface area (Å²) in [5.41, 5.74) is 6.84. The average Bonchev–Trinajstić information content (AvgIpc) is 3.05. The van der Waals surface area contributed by atoms with Gasteiger partial charge in [0.15, 0.2) is 5.82 Å². The molecule has 0 amide bonds. The standard InChI is InChI=1S/C14H15N7S/c1-8-5-9-13(18-7-19-14(9)22-8)17-4-2-3-11-10(6-15)12(16)21-20-11/h5,7H,2-4H2,1H3,(H3,16,20,21)(H,17,18,19). The third-order valence-electron chi connectivity index (χ3n) is 3.33. The summed E-state index contributed by atoms with van der Waals surface area (Å²) in [6.45, 7) is 2.80. The summed E-state index contributed by atoms with van der Waals surface area (Å²) in [4.78, 5) is 10.8.